The van der Waals surface area contributed by atoms with E-state index in [2.05, 4.69) is 65.9 Å². The number of benzene rings is 2. The first-order chi connectivity index (χ1) is 12.3. The molecule has 1 fully saturated rings. The van der Waals surface area contributed by atoms with Gasteiger partial charge in [-0.05, 0) is 49.9 Å². The minimum atomic E-state index is -3.14. The van der Waals surface area contributed by atoms with Crippen LogP contribution in [0.5, 0.6) is 0 Å². The van der Waals surface area contributed by atoms with Crippen LogP contribution < -0.4 is 4.72 Å². The molecule has 1 aliphatic heterocycles. The van der Waals surface area contributed by atoms with Gasteiger partial charge in [-0.2, -0.15) is 0 Å². The highest BCUT2D eigenvalue weighted by molar-refractivity contribution is 7.95. The summed E-state index contributed by atoms with van der Waals surface area (Å²) in [6.07, 6.45) is 3.17. The van der Waals surface area contributed by atoms with Crippen molar-refractivity contribution in [3.05, 3.63) is 59.2 Å². The van der Waals surface area contributed by atoms with Crippen LogP contribution in [0, 0.1) is 13.8 Å². The summed E-state index contributed by atoms with van der Waals surface area (Å²) in [6, 6.07) is 15.4. The fourth-order valence-electron chi connectivity index (χ4n) is 3.80. The maximum absolute atomic E-state index is 11.5. The minimum absolute atomic E-state index is 0.0216. The lowest BCUT2D eigenvalue weighted by molar-refractivity contribution is 0.193. The number of hydrogen-bond donors (Lipinski definition) is 1. The number of hydrogen-bond acceptors (Lipinski definition) is 3. The first-order valence-electron chi connectivity index (χ1n) is 9.16. The first-order valence-corrected chi connectivity index (χ1v) is 11.0. The average Bonchev–Trinajstić information content (AvgIpc) is 2.53. The van der Waals surface area contributed by atoms with Gasteiger partial charge in [0.05, 0.1) is 6.04 Å². The molecule has 0 aromatic heterocycles. The number of nitrogens with one attached hydrogen (secondary N) is 1. The van der Waals surface area contributed by atoms with Crippen molar-refractivity contribution in [3.63, 3.8) is 0 Å². The predicted octanol–water partition coefficient (Wildman–Crippen LogP) is 3.70. The number of rotatable bonds is 5. The molecule has 0 amide bonds. The Kier molecular flexibility index (Phi) is 5.92. The topological polar surface area (TPSA) is 55.4 Å². The summed E-state index contributed by atoms with van der Waals surface area (Å²) < 4.78 is 25.7. The smallest absolute Gasteiger partial charge is 0.120 e. The molecule has 0 radical (unpaired) electrons. The van der Waals surface area contributed by atoms with Crippen LogP contribution in [0.4, 0.5) is 0 Å². The Morgan fingerprint density at radius 1 is 1.12 bits per heavy atom. The number of sulfonamides is 1. The number of nitrogens with zero attached hydrogens (tertiary/aromatic N) is 1. The Balaban J connectivity index is 1.64. The van der Waals surface area contributed by atoms with Crippen LogP contribution in [0.25, 0.3) is 11.1 Å². The molecular formula is C21H28N2O2S. The molecule has 1 saturated heterocycles. The second-order valence-electron chi connectivity index (χ2n) is 7.54. The van der Waals surface area contributed by atoms with E-state index in [9.17, 15) is 8.76 Å². The predicted molar refractivity (Wildman–Crippen MR) is 108 cm³/mol. The SMILES string of the molecule is Cc1cc(C)cc(-c2ccc(CN3CCCC(N[S+](C)(=O)[O-])C3)cc2)c1. The molecule has 0 saturated carbocycles. The van der Waals surface area contributed by atoms with Crippen LogP contribution in [-0.4, -0.2) is 34.8 Å². The molecule has 4 nitrogen and oxygen atoms in total. The molecular weight excluding hydrogens is 344 g/mol. The van der Waals surface area contributed by atoms with E-state index in [1.54, 1.807) is 0 Å². The zero-order valence-corrected chi connectivity index (χ0v) is 16.6. The highest BCUT2D eigenvalue weighted by atomic mass is 32.3. The van der Waals surface area contributed by atoms with E-state index in [1.165, 1.54) is 34.1 Å². The average molecular weight is 373 g/mol. The molecule has 0 spiro atoms. The molecule has 3 rings (SSSR count). The number of likely N-dealkylation sites (tertiary alicyclic amines) is 1. The van der Waals surface area contributed by atoms with Crippen LogP contribution in [0.15, 0.2) is 42.5 Å². The van der Waals surface area contributed by atoms with Crippen LogP contribution in [-0.2, 0) is 21.2 Å². The zero-order valence-electron chi connectivity index (χ0n) is 15.8. The van der Waals surface area contributed by atoms with E-state index in [1.807, 2.05) is 0 Å². The van der Waals surface area contributed by atoms with Crippen molar-refractivity contribution in [1.82, 2.24) is 9.62 Å². The first kappa shape index (κ1) is 19.2. The summed E-state index contributed by atoms with van der Waals surface area (Å²) in [4.78, 5) is 2.33. The van der Waals surface area contributed by atoms with E-state index in [0.29, 0.717) is 0 Å². The zero-order chi connectivity index (χ0) is 18.7. The molecule has 2 unspecified atom stereocenters. The summed E-state index contributed by atoms with van der Waals surface area (Å²) in [5.41, 5.74) is 6.31. The fraction of sp³-hybridized carbons (Fsp3) is 0.429. The third-order valence-corrected chi connectivity index (χ3v) is 5.56. The van der Waals surface area contributed by atoms with E-state index in [4.69, 9.17) is 0 Å². The molecule has 26 heavy (non-hydrogen) atoms. The monoisotopic (exact) mass is 372 g/mol. The van der Waals surface area contributed by atoms with Gasteiger partial charge in [-0.3, -0.25) is 4.90 Å². The van der Waals surface area contributed by atoms with E-state index in [0.717, 1.165) is 32.5 Å². The van der Waals surface area contributed by atoms with Crippen molar-refractivity contribution in [2.24, 2.45) is 0 Å². The molecule has 0 aliphatic carbocycles. The van der Waals surface area contributed by atoms with Gasteiger partial charge in [0.1, 0.15) is 16.7 Å². The van der Waals surface area contributed by atoms with Gasteiger partial charge < -0.3 is 4.55 Å². The van der Waals surface area contributed by atoms with Gasteiger partial charge in [-0.25, -0.2) is 0 Å². The quantitative estimate of drug-likeness (QED) is 0.814. The Hall–Kier alpha value is -1.53. The largest absolute Gasteiger partial charge is 0.598 e. The van der Waals surface area contributed by atoms with Gasteiger partial charge in [-0.1, -0.05) is 57.8 Å². The van der Waals surface area contributed by atoms with Gasteiger partial charge in [0.15, 0.2) is 0 Å². The molecule has 2 aromatic rings. The number of piperidine rings is 1. The molecule has 140 valence electrons. The third-order valence-electron chi connectivity index (χ3n) is 4.80. The fourth-order valence-corrected chi connectivity index (χ4v) is 4.60. The van der Waals surface area contributed by atoms with Crippen LogP contribution in [0.1, 0.15) is 29.5 Å². The molecule has 2 atom stereocenters. The van der Waals surface area contributed by atoms with Gasteiger partial charge in [0.2, 0.25) is 0 Å². The Bertz CT molecular complexity index is 778. The van der Waals surface area contributed by atoms with Crippen molar-refractivity contribution < 1.29 is 8.76 Å². The summed E-state index contributed by atoms with van der Waals surface area (Å²) in [7, 11) is -3.14. The molecule has 1 aliphatic rings. The maximum atomic E-state index is 11.5. The highest BCUT2D eigenvalue weighted by Gasteiger charge is 2.24. The van der Waals surface area contributed by atoms with Gasteiger partial charge >= 0.3 is 0 Å². The van der Waals surface area contributed by atoms with Crippen LogP contribution in [0.2, 0.25) is 0 Å². The van der Waals surface area contributed by atoms with Gasteiger partial charge in [-0.15, -0.1) is 4.72 Å². The van der Waals surface area contributed by atoms with Gasteiger partial charge in [0, 0.05) is 13.1 Å². The number of aryl methyl sites for hydroxylation is 2. The maximum Gasteiger partial charge on any atom is 0.120 e. The van der Waals surface area contributed by atoms with Crippen molar-refractivity contribution in [3.8, 4) is 11.1 Å². The van der Waals surface area contributed by atoms with Crippen molar-refractivity contribution in [1.29, 1.82) is 0 Å². The second-order valence-corrected chi connectivity index (χ2v) is 9.32. The summed E-state index contributed by atoms with van der Waals surface area (Å²) in [5.74, 6) is 0. The van der Waals surface area contributed by atoms with E-state index in [-0.39, 0.29) is 6.04 Å². The Morgan fingerprint density at radius 3 is 2.38 bits per heavy atom. The van der Waals surface area contributed by atoms with Crippen LogP contribution in [0.3, 0.4) is 0 Å². The molecule has 1 N–H and O–H groups in total. The van der Waals surface area contributed by atoms with Crippen molar-refractivity contribution in [2.45, 2.75) is 39.3 Å². The van der Waals surface area contributed by atoms with Crippen molar-refractivity contribution >= 4 is 10.4 Å². The highest BCUT2D eigenvalue weighted by Crippen LogP contribution is 2.23. The Labute approximate surface area is 158 Å². The lowest BCUT2D eigenvalue weighted by atomic mass is 9.99. The lowest BCUT2D eigenvalue weighted by Crippen LogP contribution is -2.48. The summed E-state index contributed by atoms with van der Waals surface area (Å²) in [6.45, 7) is 6.89. The van der Waals surface area contributed by atoms with E-state index >= 15 is 0 Å². The normalized spacial score (nSPS) is 20.7. The summed E-state index contributed by atoms with van der Waals surface area (Å²) >= 11 is 0. The molecule has 0 bridgehead atoms. The molecule has 5 heteroatoms. The van der Waals surface area contributed by atoms with Crippen molar-refractivity contribution in [2.75, 3.05) is 19.3 Å². The Morgan fingerprint density at radius 2 is 1.77 bits per heavy atom. The molecule has 1 heterocycles. The second kappa shape index (κ2) is 8.01. The van der Waals surface area contributed by atoms with Gasteiger partial charge in [0.25, 0.3) is 0 Å². The lowest BCUT2D eigenvalue weighted by Gasteiger charge is -2.33. The third kappa shape index (κ3) is 5.48. The van der Waals surface area contributed by atoms with Crippen LogP contribution >= 0.6 is 0 Å². The minimum Gasteiger partial charge on any atom is -0.598 e. The molecule has 2 aromatic carbocycles. The summed E-state index contributed by atoms with van der Waals surface area (Å²) in [5, 5.41) is 0. The van der Waals surface area contributed by atoms with E-state index < -0.39 is 10.4 Å². The standard InChI is InChI=1S/C21H28N2O2S/c1-16-11-17(2)13-20(12-16)19-8-6-18(7-9-19)14-23-10-4-5-21(15-23)22-26(3,24)25/h6-9,11-13,21H,4-5,10,14-15H2,1-3H3,(H-,22,24,25).